The second-order valence-corrected chi connectivity index (χ2v) is 7.41. The van der Waals surface area contributed by atoms with Gasteiger partial charge >= 0.3 is 0 Å². The van der Waals surface area contributed by atoms with Crippen molar-refractivity contribution in [2.24, 2.45) is 5.92 Å². The molecular formula is C23H25N. The third-order valence-electron chi connectivity index (χ3n) is 5.32. The fraction of sp³-hybridized carbons (Fsp3) is 0.348. The molecule has 1 nitrogen and oxygen atoms in total. The summed E-state index contributed by atoms with van der Waals surface area (Å²) in [4.78, 5) is 4.96. The Bertz CT molecular complexity index is 852. The summed E-state index contributed by atoms with van der Waals surface area (Å²) >= 11 is 0. The van der Waals surface area contributed by atoms with Crippen molar-refractivity contribution in [3.63, 3.8) is 0 Å². The lowest BCUT2D eigenvalue weighted by molar-refractivity contribution is 0.548. The molecule has 0 aliphatic heterocycles. The summed E-state index contributed by atoms with van der Waals surface area (Å²) in [5.41, 5.74) is 7.48. The smallest absolute Gasteiger partial charge is 0.0712 e. The zero-order valence-electron chi connectivity index (χ0n) is 14.7. The Morgan fingerprint density at radius 2 is 1.67 bits per heavy atom. The topological polar surface area (TPSA) is 12.9 Å². The zero-order valence-corrected chi connectivity index (χ0v) is 14.7. The predicted molar refractivity (Wildman–Crippen MR) is 102 cm³/mol. The first kappa shape index (κ1) is 15.4. The molecule has 1 fully saturated rings. The molecule has 0 radical (unpaired) electrons. The molecule has 3 aromatic rings. The molecule has 0 saturated heterocycles. The Balaban J connectivity index is 1.73. The van der Waals surface area contributed by atoms with Gasteiger partial charge < -0.3 is 0 Å². The average Bonchev–Trinajstić information content (AvgIpc) is 3.07. The molecule has 0 bridgehead atoms. The number of aryl methyl sites for hydroxylation is 2. The molecule has 0 atom stereocenters. The van der Waals surface area contributed by atoms with E-state index in [9.17, 15) is 0 Å². The summed E-state index contributed by atoms with van der Waals surface area (Å²) in [5.74, 6) is 0.870. The molecule has 2 aromatic carbocycles. The van der Waals surface area contributed by atoms with Crippen LogP contribution in [-0.2, 0) is 6.42 Å². The highest BCUT2D eigenvalue weighted by atomic mass is 14.7. The Kier molecular flexibility index (Phi) is 4.10. The van der Waals surface area contributed by atoms with E-state index in [0.717, 1.165) is 17.1 Å². The average molecular weight is 315 g/mol. The first-order valence-electron chi connectivity index (χ1n) is 9.16. The van der Waals surface area contributed by atoms with E-state index in [1.54, 1.807) is 0 Å². The molecule has 1 aliphatic carbocycles. The molecule has 1 aliphatic rings. The maximum atomic E-state index is 4.96. The van der Waals surface area contributed by atoms with Crippen LogP contribution < -0.4 is 0 Å². The monoisotopic (exact) mass is 315 g/mol. The molecular weight excluding hydrogens is 290 g/mol. The summed E-state index contributed by atoms with van der Waals surface area (Å²) in [6.07, 6.45) is 6.81. The van der Waals surface area contributed by atoms with Crippen molar-refractivity contribution < 1.29 is 0 Å². The van der Waals surface area contributed by atoms with Crippen molar-refractivity contribution in [1.82, 2.24) is 4.98 Å². The zero-order chi connectivity index (χ0) is 16.5. The molecule has 24 heavy (non-hydrogen) atoms. The predicted octanol–water partition coefficient (Wildman–Crippen LogP) is 6.25. The Morgan fingerprint density at radius 3 is 2.42 bits per heavy atom. The van der Waals surface area contributed by atoms with Gasteiger partial charge in [-0.25, -0.2) is 4.98 Å². The normalized spacial score (nSPS) is 15.2. The van der Waals surface area contributed by atoms with Gasteiger partial charge in [0.1, 0.15) is 0 Å². The van der Waals surface area contributed by atoms with Crippen LogP contribution in [0.5, 0.6) is 0 Å². The van der Waals surface area contributed by atoms with Crippen LogP contribution in [0.25, 0.3) is 22.2 Å². The summed E-state index contributed by atoms with van der Waals surface area (Å²) in [6, 6.07) is 17.7. The number of nitrogens with zero attached hydrogens (tertiary/aromatic N) is 1. The van der Waals surface area contributed by atoms with Crippen LogP contribution in [0.1, 0.15) is 42.4 Å². The van der Waals surface area contributed by atoms with Crippen LogP contribution >= 0.6 is 0 Å². The van der Waals surface area contributed by atoms with Crippen LogP contribution in [0.2, 0.25) is 0 Å². The van der Waals surface area contributed by atoms with Gasteiger partial charge in [0.25, 0.3) is 0 Å². The number of aromatic nitrogens is 1. The molecule has 1 heterocycles. The maximum Gasteiger partial charge on any atom is 0.0712 e. The van der Waals surface area contributed by atoms with E-state index in [-0.39, 0.29) is 0 Å². The minimum absolute atomic E-state index is 0.870. The standard InChI is InChI=1S/C23H25N/c1-16-12-17(2)14-20(13-16)22-11-10-21-19(8-5-9-23(21)24-22)15-18-6-3-4-7-18/h5,8-14,18H,3-4,6-7,15H2,1-2H3. The van der Waals surface area contributed by atoms with Crippen molar-refractivity contribution in [3.05, 3.63) is 65.2 Å². The van der Waals surface area contributed by atoms with Crippen LogP contribution in [0.15, 0.2) is 48.5 Å². The lowest BCUT2D eigenvalue weighted by Crippen LogP contribution is -2.00. The SMILES string of the molecule is Cc1cc(C)cc(-c2ccc3c(CC4CCCC4)cccc3n2)c1. The second-order valence-electron chi connectivity index (χ2n) is 7.41. The molecule has 0 unspecified atom stereocenters. The van der Waals surface area contributed by atoms with Crippen molar-refractivity contribution >= 4 is 10.9 Å². The van der Waals surface area contributed by atoms with Crippen molar-refractivity contribution in [1.29, 1.82) is 0 Å². The molecule has 0 amide bonds. The molecule has 1 aromatic heterocycles. The highest BCUT2D eigenvalue weighted by Crippen LogP contribution is 2.31. The number of rotatable bonds is 3. The lowest BCUT2D eigenvalue weighted by Gasteiger charge is -2.12. The number of pyridine rings is 1. The van der Waals surface area contributed by atoms with E-state index in [1.165, 1.54) is 59.7 Å². The molecule has 122 valence electrons. The molecule has 1 heteroatoms. The van der Waals surface area contributed by atoms with Gasteiger partial charge in [0.15, 0.2) is 0 Å². The first-order chi connectivity index (χ1) is 11.7. The van der Waals surface area contributed by atoms with Gasteiger partial charge in [-0.1, -0.05) is 61.1 Å². The lowest BCUT2D eigenvalue weighted by atomic mass is 9.95. The van der Waals surface area contributed by atoms with E-state index in [1.807, 2.05) is 0 Å². The van der Waals surface area contributed by atoms with Crippen LogP contribution in [-0.4, -0.2) is 4.98 Å². The molecule has 0 N–H and O–H groups in total. The van der Waals surface area contributed by atoms with Gasteiger partial charge in [0.2, 0.25) is 0 Å². The minimum atomic E-state index is 0.870. The maximum absolute atomic E-state index is 4.96. The Labute approximate surface area is 144 Å². The quantitative estimate of drug-likeness (QED) is 0.556. The first-order valence-corrected chi connectivity index (χ1v) is 9.16. The van der Waals surface area contributed by atoms with Crippen molar-refractivity contribution in [2.45, 2.75) is 46.0 Å². The highest BCUT2D eigenvalue weighted by Gasteiger charge is 2.16. The van der Waals surface area contributed by atoms with Crippen LogP contribution in [0.4, 0.5) is 0 Å². The van der Waals surface area contributed by atoms with E-state index < -0.39 is 0 Å². The van der Waals surface area contributed by atoms with Gasteiger partial charge in [-0.15, -0.1) is 0 Å². The summed E-state index contributed by atoms with van der Waals surface area (Å²) in [5, 5.41) is 1.33. The van der Waals surface area contributed by atoms with Crippen LogP contribution in [0, 0.1) is 19.8 Å². The largest absolute Gasteiger partial charge is 0.248 e. The number of hydrogen-bond donors (Lipinski definition) is 0. The van der Waals surface area contributed by atoms with Gasteiger partial charge in [-0.3, -0.25) is 0 Å². The van der Waals surface area contributed by atoms with E-state index in [0.29, 0.717) is 0 Å². The highest BCUT2D eigenvalue weighted by molar-refractivity contribution is 5.84. The van der Waals surface area contributed by atoms with E-state index in [4.69, 9.17) is 4.98 Å². The fourth-order valence-corrected chi connectivity index (χ4v) is 4.21. The molecule has 4 rings (SSSR count). The van der Waals surface area contributed by atoms with Gasteiger partial charge in [-0.05, 0) is 56.0 Å². The number of fused-ring (bicyclic) bond motifs is 1. The summed E-state index contributed by atoms with van der Waals surface area (Å²) in [7, 11) is 0. The van der Waals surface area contributed by atoms with Gasteiger partial charge in [0, 0.05) is 10.9 Å². The van der Waals surface area contributed by atoms with E-state index >= 15 is 0 Å². The fourth-order valence-electron chi connectivity index (χ4n) is 4.21. The van der Waals surface area contributed by atoms with Crippen molar-refractivity contribution in [3.8, 4) is 11.3 Å². The second kappa shape index (κ2) is 6.39. The number of hydrogen-bond acceptors (Lipinski definition) is 1. The van der Waals surface area contributed by atoms with Crippen LogP contribution in [0.3, 0.4) is 0 Å². The third kappa shape index (κ3) is 3.08. The minimum Gasteiger partial charge on any atom is -0.248 e. The number of benzene rings is 2. The molecule has 0 spiro atoms. The van der Waals surface area contributed by atoms with Gasteiger partial charge in [-0.2, -0.15) is 0 Å². The van der Waals surface area contributed by atoms with Crippen molar-refractivity contribution in [2.75, 3.05) is 0 Å². The summed E-state index contributed by atoms with van der Waals surface area (Å²) in [6.45, 7) is 4.30. The summed E-state index contributed by atoms with van der Waals surface area (Å²) < 4.78 is 0. The molecule has 1 saturated carbocycles. The van der Waals surface area contributed by atoms with Gasteiger partial charge in [0.05, 0.1) is 11.2 Å². The van der Waals surface area contributed by atoms with E-state index in [2.05, 4.69) is 62.4 Å². The third-order valence-corrected chi connectivity index (χ3v) is 5.32. The Morgan fingerprint density at radius 1 is 0.917 bits per heavy atom. The Hall–Kier alpha value is -2.15.